The molecule has 0 spiro atoms. The largest absolute Gasteiger partial charge is 0.352 e. The molecule has 0 radical (unpaired) electrons. The van der Waals surface area contributed by atoms with E-state index in [0.29, 0.717) is 11.3 Å². The van der Waals surface area contributed by atoms with Crippen LogP contribution in [0.5, 0.6) is 0 Å². The molecule has 2 aromatic carbocycles. The standard InChI is InChI=1S/C27H36FN3O4S/c1-21(27(33)29-24-10-5-3-6-11-24)30(20-22-15-17-23(28)18-16-22)26(32)14-9-19-31(36(2,34)35)25-12-7-4-8-13-25/h4,7-8,12-13,15-18,21,24H,3,5-6,9-11,14,19-20H2,1-2H3,(H,29,33)/t21-/m1/s1. The SMILES string of the molecule is C[C@H](C(=O)NC1CCCCC1)N(Cc1ccc(F)cc1)C(=O)CCCN(c1ccccc1)S(C)(=O)=O. The first-order valence-corrected chi connectivity index (χ1v) is 14.4. The monoisotopic (exact) mass is 517 g/mol. The summed E-state index contributed by atoms with van der Waals surface area (Å²) in [6.07, 6.45) is 6.70. The number of halogens is 1. The van der Waals surface area contributed by atoms with Gasteiger partial charge in [-0.3, -0.25) is 13.9 Å². The lowest BCUT2D eigenvalue weighted by molar-refractivity contribution is -0.141. The van der Waals surface area contributed by atoms with Crippen molar-refractivity contribution in [1.29, 1.82) is 0 Å². The van der Waals surface area contributed by atoms with E-state index in [1.165, 1.54) is 27.8 Å². The smallest absolute Gasteiger partial charge is 0.242 e. The number of nitrogens with zero attached hydrogens (tertiary/aromatic N) is 2. The quantitative estimate of drug-likeness (QED) is 0.483. The van der Waals surface area contributed by atoms with Crippen molar-refractivity contribution in [1.82, 2.24) is 10.2 Å². The molecule has 1 aliphatic carbocycles. The Morgan fingerprint density at radius 2 is 1.67 bits per heavy atom. The number of anilines is 1. The van der Waals surface area contributed by atoms with Crippen LogP contribution in [0.1, 0.15) is 57.4 Å². The molecular weight excluding hydrogens is 481 g/mol. The number of benzene rings is 2. The fourth-order valence-corrected chi connectivity index (χ4v) is 5.50. The second-order valence-electron chi connectivity index (χ2n) is 9.44. The average molecular weight is 518 g/mol. The van der Waals surface area contributed by atoms with Crippen molar-refractivity contribution in [2.24, 2.45) is 0 Å². The van der Waals surface area contributed by atoms with Gasteiger partial charge in [-0.15, -0.1) is 0 Å². The summed E-state index contributed by atoms with van der Waals surface area (Å²) >= 11 is 0. The first-order valence-electron chi connectivity index (χ1n) is 12.5. The van der Waals surface area contributed by atoms with E-state index in [9.17, 15) is 22.4 Å². The number of rotatable bonds is 11. The number of nitrogens with one attached hydrogen (secondary N) is 1. The molecule has 1 atom stereocenters. The van der Waals surface area contributed by atoms with Gasteiger partial charge in [-0.25, -0.2) is 12.8 Å². The summed E-state index contributed by atoms with van der Waals surface area (Å²) in [6.45, 7) is 2.00. The third-order valence-corrected chi connectivity index (χ3v) is 7.78. The molecule has 1 N–H and O–H groups in total. The Morgan fingerprint density at radius 3 is 2.28 bits per heavy atom. The van der Waals surface area contributed by atoms with Gasteiger partial charge < -0.3 is 10.2 Å². The summed E-state index contributed by atoms with van der Waals surface area (Å²) in [5, 5.41) is 3.08. The van der Waals surface area contributed by atoms with Crippen LogP contribution in [0, 0.1) is 5.82 Å². The second kappa shape index (κ2) is 12.9. The number of carbonyl (C=O) groups excluding carboxylic acids is 2. The molecule has 36 heavy (non-hydrogen) atoms. The number of para-hydroxylation sites is 1. The van der Waals surface area contributed by atoms with E-state index in [-0.39, 0.29) is 49.6 Å². The maximum absolute atomic E-state index is 13.4. The number of hydrogen-bond donors (Lipinski definition) is 1. The predicted molar refractivity (Wildman–Crippen MR) is 139 cm³/mol. The Kier molecular flexibility index (Phi) is 9.87. The van der Waals surface area contributed by atoms with Crippen LogP contribution in [0.3, 0.4) is 0 Å². The molecule has 2 amide bonds. The van der Waals surface area contributed by atoms with Crippen LogP contribution in [0.15, 0.2) is 54.6 Å². The van der Waals surface area contributed by atoms with Crippen LogP contribution in [-0.2, 0) is 26.2 Å². The van der Waals surface area contributed by atoms with Gasteiger partial charge in [0.1, 0.15) is 11.9 Å². The highest BCUT2D eigenvalue weighted by molar-refractivity contribution is 7.92. The maximum Gasteiger partial charge on any atom is 0.242 e. The van der Waals surface area contributed by atoms with Crippen LogP contribution in [0.4, 0.5) is 10.1 Å². The van der Waals surface area contributed by atoms with Gasteiger partial charge in [0.2, 0.25) is 21.8 Å². The molecule has 0 aromatic heterocycles. The van der Waals surface area contributed by atoms with E-state index < -0.39 is 16.1 Å². The molecule has 196 valence electrons. The zero-order valence-corrected chi connectivity index (χ0v) is 21.8. The molecule has 7 nitrogen and oxygen atoms in total. The lowest BCUT2D eigenvalue weighted by atomic mass is 9.95. The molecule has 9 heteroatoms. The molecule has 1 saturated carbocycles. The lowest BCUT2D eigenvalue weighted by Gasteiger charge is -2.31. The van der Waals surface area contributed by atoms with E-state index in [1.54, 1.807) is 49.4 Å². The normalized spacial score (nSPS) is 15.2. The fraction of sp³-hybridized carbons (Fsp3) is 0.481. The minimum absolute atomic E-state index is 0.0705. The minimum atomic E-state index is -3.53. The van der Waals surface area contributed by atoms with E-state index in [4.69, 9.17) is 0 Å². The minimum Gasteiger partial charge on any atom is -0.352 e. The van der Waals surface area contributed by atoms with Gasteiger partial charge in [0.05, 0.1) is 11.9 Å². The van der Waals surface area contributed by atoms with Crippen molar-refractivity contribution in [3.63, 3.8) is 0 Å². The van der Waals surface area contributed by atoms with Gasteiger partial charge in [0.15, 0.2) is 0 Å². The molecule has 0 aliphatic heterocycles. The Hall–Kier alpha value is -2.94. The first-order chi connectivity index (χ1) is 17.1. The molecule has 0 unspecified atom stereocenters. The van der Waals surface area contributed by atoms with Crippen molar-refractivity contribution >= 4 is 27.5 Å². The Bertz CT molecular complexity index is 1100. The summed E-state index contributed by atoms with van der Waals surface area (Å²) in [6, 6.07) is 14.0. The molecule has 0 bridgehead atoms. The Morgan fingerprint density at radius 1 is 1.03 bits per heavy atom. The molecule has 0 heterocycles. The Labute approximate surface area is 213 Å². The molecule has 0 saturated heterocycles. The summed E-state index contributed by atoms with van der Waals surface area (Å²) < 4.78 is 39.4. The zero-order valence-electron chi connectivity index (χ0n) is 21.0. The third kappa shape index (κ3) is 8.05. The van der Waals surface area contributed by atoms with Crippen molar-refractivity contribution in [2.45, 2.75) is 70.5 Å². The van der Waals surface area contributed by atoms with E-state index in [1.807, 2.05) is 0 Å². The van der Waals surface area contributed by atoms with Crippen LogP contribution in [0.2, 0.25) is 0 Å². The highest BCUT2D eigenvalue weighted by Crippen LogP contribution is 2.20. The third-order valence-electron chi connectivity index (χ3n) is 6.58. The maximum atomic E-state index is 13.4. The van der Waals surface area contributed by atoms with Crippen molar-refractivity contribution in [3.8, 4) is 0 Å². The topological polar surface area (TPSA) is 86.8 Å². The summed E-state index contributed by atoms with van der Waals surface area (Å²) in [5.41, 5.74) is 1.25. The first kappa shape index (κ1) is 27.6. The molecule has 1 aliphatic rings. The predicted octanol–water partition coefficient (Wildman–Crippen LogP) is 4.24. The van der Waals surface area contributed by atoms with Crippen LogP contribution in [-0.4, -0.2) is 50.0 Å². The second-order valence-corrected chi connectivity index (χ2v) is 11.3. The van der Waals surface area contributed by atoms with E-state index in [0.717, 1.165) is 31.9 Å². The van der Waals surface area contributed by atoms with Gasteiger partial charge in [-0.2, -0.15) is 0 Å². The zero-order chi connectivity index (χ0) is 26.1. The van der Waals surface area contributed by atoms with Gasteiger partial charge in [0, 0.05) is 25.6 Å². The van der Waals surface area contributed by atoms with Crippen molar-refractivity contribution in [3.05, 3.63) is 66.0 Å². The Balaban J connectivity index is 1.69. The number of sulfonamides is 1. The van der Waals surface area contributed by atoms with E-state index in [2.05, 4.69) is 5.32 Å². The van der Waals surface area contributed by atoms with Crippen LogP contribution in [0.25, 0.3) is 0 Å². The lowest BCUT2D eigenvalue weighted by Crippen LogP contribution is -2.50. The van der Waals surface area contributed by atoms with Crippen molar-refractivity contribution < 1.29 is 22.4 Å². The highest BCUT2D eigenvalue weighted by Gasteiger charge is 2.28. The molecular formula is C27H36FN3O4S. The number of hydrogen-bond acceptors (Lipinski definition) is 4. The van der Waals surface area contributed by atoms with E-state index >= 15 is 0 Å². The summed E-state index contributed by atoms with van der Waals surface area (Å²) in [5.74, 6) is -0.840. The highest BCUT2D eigenvalue weighted by atomic mass is 32.2. The van der Waals surface area contributed by atoms with Crippen LogP contribution >= 0.6 is 0 Å². The van der Waals surface area contributed by atoms with Gasteiger partial charge in [-0.05, 0) is 56.0 Å². The average Bonchev–Trinajstić information content (AvgIpc) is 2.86. The van der Waals surface area contributed by atoms with Gasteiger partial charge >= 0.3 is 0 Å². The van der Waals surface area contributed by atoms with Gasteiger partial charge in [-0.1, -0.05) is 49.6 Å². The molecule has 1 fully saturated rings. The summed E-state index contributed by atoms with van der Waals surface area (Å²) in [4.78, 5) is 27.9. The fourth-order valence-electron chi connectivity index (χ4n) is 4.54. The molecule has 3 rings (SSSR count). The van der Waals surface area contributed by atoms with Gasteiger partial charge in [0.25, 0.3) is 0 Å². The van der Waals surface area contributed by atoms with Crippen LogP contribution < -0.4 is 9.62 Å². The number of amides is 2. The molecule has 2 aromatic rings. The number of carbonyl (C=O) groups is 2. The summed E-state index contributed by atoms with van der Waals surface area (Å²) in [7, 11) is -3.53. The van der Waals surface area contributed by atoms with Crippen molar-refractivity contribution in [2.75, 3.05) is 17.1 Å².